The number of nitrogens with zero attached hydrogens (tertiary/aromatic N) is 3. The summed E-state index contributed by atoms with van der Waals surface area (Å²) in [7, 11) is 0. The lowest BCUT2D eigenvalue weighted by Gasteiger charge is -2.31. The van der Waals surface area contributed by atoms with Gasteiger partial charge in [-0.25, -0.2) is 4.98 Å². The third kappa shape index (κ3) is 2.55. The minimum Gasteiger partial charge on any atom is -0.393 e. The van der Waals surface area contributed by atoms with E-state index in [-0.39, 0.29) is 17.5 Å². The molecule has 1 fully saturated rings. The van der Waals surface area contributed by atoms with Gasteiger partial charge in [0.15, 0.2) is 0 Å². The van der Waals surface area contributed by atoms with Crippen LogP contribution in [0.15, 0.2) is 12.1 Å². The summed E-state index contributed by atoms with van der Waals surface area (Å²) >= 11 is 0. The highest BCUT2D eigenvalue weighted by molar-refractivity contribution is 5.50. The lowest BCUT2D eigenvalue weighted by Crippen LogP contribution is -2.33. The van der Waals surface area contributed by atoms with Crippen LogP contribution in [0.4, 0.5) is 11.5 Å². The van der Waals surface area contributed by atoms with E-state index in [4.69, 9.17) is 10.4 Å². The van der Waals surface area contributed by atoms with E-state index < -0.39 is 4.92 Å². The molecule has 2 N–H and O–H groups in total. The van der Waals surface area contributed by atoms with Gasteiger partial charge in [-0.1, -0.05) is 0 Å². The van der Waals surface area contributed by atoms with Crippen molar-refractivity contribution in [1.82, 2.24) is 4.98 Å². The standard InChI is InChI=1S/C11H12N4O3/c12-5-9-10(15(17)18)1-2-11(14-9)13-6-7-3-8(16)4-7/h1-2,7-8,16H,3-4,6H2,(H,13,14). The Kier molecular flexibility index (Phi) is 3.39. The average Bonchev–Trinajstić information content (AvgIpc) is 2.32. The molecule has 0 amide bonds. The lowest BCUT2D eigenvalue weighted by atomic mass is 9.82. The first-order chi connectivity index (χ1) is 8.60. The number of aromatic nitrogens is 1. The maximum atomic E-state index is 10.6. The molecule has 0 radical (unpaired) electrons. The van der Waals surface area contributed by atoms with Crippen LogP contribution < -0.4 is 5.32 Å². The highest BCUT2D eigenvalue weighted by atomic mass is 16.6. The summed E-state index contributed by atoms with van der Waals surface area (Å²) in [5, 5.41) is 31.5. The summed E-state index contributed by atoms with van der Waals surface area (Å²) in [4.78, 5) is 13.9. The number of anilines is 1. The van der Waals surface area contributed by atoms with Crippen molar-refractivity contribution in [3.05, 3.63) is 27.9 Å². The number of hydrogen-bond donors (Lipinski definition) is 2. The molecule has 1 aliphatic rings. The molecule has 0 atom stereocenters. The lowest BCUT2D eigenvalue weighted by molar-refractivity contribution is -0.385. The minimum atomic E-state index is -0.627. The summed E-state index contributed by atoms with van der Waals surface area (Å²) in [5.41, 5.74) is -0.485. The molecule has 18 heavy (non-hydrogen) atoms. The van der Waals surface area contributed by atoms with Gasteiger partial charge >= 0.3 is 5.69 Å². The highest BCUT2D eigenvalue weighted by Gasteiger charge is 2.26. The van der Waals surface area contributed by atoms with E-state index in [0.29, 0.717) is 18.3 Å². The summed E-state index contributed by atoms with van der Waals surface area (Å²) in [5.74, 6) is 0.834. The first-order valence-electron chi connectivity index (χ1n) is 5.57. The zero-order chi connectivity index (χ0) is 13.1. The number of nitriles is 1. The molecular formula is C11H12N4O3. The van der Waals surface area contributed by atoms with Gasteiger partial charge in [-0.15, -0.1) is 0 Å². The van der Waals surface area contributed by atoms with Crippen LogP contribution in [0, 0.1) is 27.4 Å². The number of nitrogens with one attached hydrogen (secondary N) is 1. The van der Waals surface area contributed by atoms with Crippen molar-refractivity contribution in [3.63, 3.8) is 0 Å². The van der Waals surface area contributed by atoms with Crippen LogP contribution >= 0.6 is 0 Å². The van der Waals surface area contributed by atoms with Crippen molar-refractivity contribution in [1.29, 1.82) is 5.26 Å². The Morgan fingerprint density at radius 2 is 2.33 bits per heavy atom. The van der Waals surface area contributed by atoms with Gasteiger partial charge in [0, 0.05) is 12.6 Å². The van der Waals surface area contributed by atoms with E-state index in [1.54, 1.807) is 6.07 Å². The van der Waals surface area contributed by atoms with Gasteiger partial charge in [0.1, 0.15) is 11.9 Å². The van der Waals surface area contributed by atoms with Gasteiger partial charge < -0.3 is 10.4 Å². The smallest absolute Gasteiger partial charge is 0.305 e. The fraction of sp³-hybridized carbons (Fsp3) is 0.455. The Labute approximate surface area is 103 Å². The Hall–Kier alpha value is -2.20. The fourth-order valence-electron chi connectivity index (χ4n) is 1.90. The number of nitro groups is 1. The Balaban J connectivity index is 2.01. The van der Waals surface area contributed by atoms with Crippen LogP contribution in [0.3, 0.4) is 0 Å². The number of pyridine rings is 1. The van der Waals surface area contributed by atoms with E-state index in [0.717, 1.165) is 12.8 Å². The molecular weight excluding hydrogens is 236 g/mol. The van der Waals surface area contributed by atoms with Crippen LogP contribution in [0.25, 0.3) is 0 Å². The summed E-state index contributed by atoms with van der Waals surface area (Å²) in [6, 6.07) is 4.45. The zero-order valence-electron chi connectivity index (χ0n) is 9.54. The largest absolute Gasteiger partial charge is 0.393 e. The van der Waals surface area contributed by atoms with Crippen LogP contribution in [-0.2, 0) is 0 Å². The van der Waals surface area contributed by atoms with Crippen molar-refractivity contribution >= 4 is 11.5 Å². The zero-order valence-corrected chi connectivity index (χ0v) is 9.54. The van der Waals surface area contributed by atoms with Crippen LogP contribution in [0.1, 0.15) is 18.5 Å². The molecule has 0 bridgehead atoms. The van der Waals surface area contributed by atoms with Gasteiger partial charge in [0.2, 0.25) is 5.69 Å². The summed E-state index contributed by atoms with van der Waals surface area (Å²) in [6.45, 7) is 0.646. The summed E-state index contributed by atoms with van der Waals surface area (Å²) < 4.78 is 0. The molecule has 0 aromatic carbocycles. The van der Waals surface area contributed by atoms with E-state index >= 15 is 0 Å². The van der Waals surface area contributed by atoms with Gasteiger partial charge in [0.25, 0.3) is 0 Å². The second kappa shape index (κ2) is 4.98. The van der Waals surface area contributed by atoms with Crippen LogP contribution in [-0.4, -0.2) is 27.7 Å². The Morgan fingerprint density at radius 3 is 2.89 bits per heavy atom. The molecule has 2 rings (SSSR count). The predicted octanol–water partition coefficient (Wildman–Crippen LogP) is 1.04. The van der Waals surface area contributed by atoms with Crippen molar-refractivity contribution in [3.8, 4) is 6.07 Å². The average molecular weight is 248 g/mol. The Morgan fingerprint density at radius 1 is 1.61 bits per heavy atom. The van der Waals surface area contributed by atoms with Crippen molar-refractivity contribution in [2.45, 2.75) is 18.9 Å². The van der Waals surface area contributed by atoms with E-state index in [1.165, 1.54) is 12.1 Å². The van der Waals surface area contributed by atoms with Crippen molar-refractivity contribution < 1.29 is 10.0 Å². The number of aliphatic hydroxyl groups is 1. The molecule has 7 heteroatoms. The van der Waals surface area contributed by atoms with E-state index in [9.17, 15) is 10.1 Å². The molecule has 0 unspecified atom stereocenters. The monoisotopic (exact) mass is 248 g/mol. The van der Waals surface area contributed by atoms with Crippen LogP contribution in [0.5, 0.6) is 0 Å². The minimum absolute atomic E-state index is 0.196. The van der Waals surface area contributed by atoms with Crippen molar-refractivity contribution in [2.75, 3.05) is 11.9 Å². The molecule has 7 nitrogen and oxygen atoms in total. The number of aliphatic hydroxyl groups excluding tert-OH is 1. The molecule has 1 aliphatic carbocycles. The van der Waals surface area contributed by atoms with Crippen LogP contribution in [0.2, 0.25) is 0 Å². The van der Waals surface area contributed by atoms with Gasteiger partial charge in [0.05, 0.1) is 11.0 Å². The quantitative estimate of drug-likeness (QED) is 0.608. The molecule has 1 heterocycles. The molecule has 0 spiro atoms. The normalized spacial score (nSPS) is 21.8. The fourth-order valence-corrected chi connectivity index (χ4v) is 1.90. The maximum Gasteiger partial charge on any atom is 0.305 e. The first-order valence-corrected chi connectivity index (χ1v) is 5.57. The van der Waals surface area contributed by atoms with Gasteiger partial charge in [-0.05, 0) is 24.8 Å². The Bertz CT molecular complexity index is 506. The third-order valence-corrected chi connectivity index (χ3v) is 2.96. The third-order valence-electron chi connectivity index (χ3n) is 2.96. The molecule has 94 valence electrons. The number of rotatable bonds is 4. The molecule has 1 saturated carbocycles. The number of hydrogen-bond acceptors (Lipinski definition) is 6. The molecule has 1 aromatic rings. The molecule has 1 aromatic heterocycles. The molecule has 0 saturated heterocycles. The highest BCUT2D eigenvalue weighted by Crippen LogP contribution is 2.27. The van der Waals surface area contributed by atoms with Gasteiger partial charge in [-0.2, -0.15) is 5.26 Å². The topological polar surface area (TPSA) is 112 Å². The second-order valence-electron chi connectivity index (χ2n) is 4.31. The molecule has 0 aliphatic heterocycles. The maximum absolute atomic E-state index is 10.6. The van der Waals surface area contributed by atoms with E-state index in [1.807, 2.05) is 0 Å². The van der Waals surface area contributed by atoms with Gasteiger partial charge in [-0.3, -0.25) is 10.1 Å². The second-order valence-corrected chi connectivity index (χ2v) is 4.31. The van der Waals surface area contributed by atoms with Crippen molar-refractivity contribution in [2.24, 2.45) is 5.92 Å². The predicted molar refractivity (Wildman–Crippen MR) is 62.8 cm³/mol. The SMILES string of the molecule is N#Cc1nc(NCC2CC(O)C2)ccc1[N+](=O)[O-]. The first kappa shape index (κ1) is 12.3. The summed E-state index contributed by atoms with van der Waals surface area (Å²) in [6.07, 6.45) is 1.30. The van der Waals surface area contributed by atoms with E-state index in [2.05, 4.69) is 10.3 Å².